The van der Waals surface area contributed by atoms with E-state index < -0.39 is 18.1 Å². The van der Waals surface area contributed by atoms with E-state index in [4.69, 9.17) is 0 Å². The molecule has 0 unspecified atom stereocenters. The van der Waals surface area contributed by atoms with Gasteiger partial charge < -0.3 is 14.8 Å². The number of carbonyl (C=O) groups excluding carboxylic acids is 2. The predicted octanol–water partition coefficient (Wildman–Crippen LogP) is 1.79. The van der Waals surface area contributed by atoms with Gasteiger partial charge in [-0.05, 0) is 25.7 Å². The lowest BCUT2D eigenvalue weighted by Crippen LogP contribution is -2.35. The van der Waals surface area contributed by atoms with Gasteiger partial charge in [-0.3, -0.25) is 14.4 Å². The van der Waals surface area contributed by atoms with Crippen molar-refractivity contribution in [2.45, 2.75) is 32.2 Å². The van der Waals surface area contributed by atoms with E-state index >= 15 is 0 Å². The van der Waals surface area contributed by atoms with Gasteiger partial charge in [0, 0.05) is 38.2 Å². The molecule has 25 heavy (non-hydrogen) atoms. The van der Waals surface area contributed by atoms with Crippen LogP contribution in [0, 0.1) is 17.7 Å². The molecule has 0 saturated heterocycles. The molecule has 0 aromatic carbocycles. The summed E-state index contributed by atoms with van der Waals surface area (Å²) in [6, 6.07) is 0.941. The number of aromatic nitrogens is 1. The Balaban J connectivity index is 1.99. The zero-order valence-electron chi connectivity index (χ0n) is 14.4. The average Bonchev–Trinajstić information content (AvgIpc) is 2.58. The third-order valence-corrected chi connectivity index (χ3v) is 4.52. The van der Waals surface area contributed by atoms with E-state index in [0.29, 0.717) is 25.7 Å². The Morgan fingerprint density at radius 1 is 1.24 bits per heavy atom. The molecule has 0 bridgehead atoms. The Kier molecular flexibility index (Phi) is 6.27. The van der Waals surface area contributed by atoms with Gasteiger partial charge in [-0.1, -0.05) is 0 Å². The summed E-state index contributed by atoms with van der Waals surface area (Å²) < 4.78 is 27.0. The molecule has 1 aromatic rings. The smallest absolute Gasteiger partial charge is 0.286 e. The lowest BCUT2D eigenvalue weighted by atomic mass is 9.81. The molecule has 0 radical (unpaired) electrons. The number of pyridine rings is 1. The van der Waals surface area contributed by atoms with Crippen LogP contribution >= 0.6 is 0 Å². The molecule has 0 atom stereocenters. The molecule has 2 amide bonds. The minimum Gasteiger partial charge on any atom is -0.349 e. The number of hydrogen-bond donors (Lipinski definition) is 1. The Morgan fingerprint density at radius 3 is 2.40 bits per heavy atom. The maximum atomic E-state index is 13.6. The first-order valence-electron chi connectivity index (χ1n) is 8.31. The molecule has 1 fully saturated rings. The van der Waals surface area contributed by atoms with Crippen LogP contribution < -0.4 is 10.9 Å². The number of carbonyl (C=O) groups is 2. The first-order valence-corrected chi connectivity index (χ1v) is 8.31. The second-order valence-electron chi connectivity index (χ2n) is 6.53. The fourth-order valence-electron chi connectivity index (χ4n) is 3.14. The Bertz CT molecular complexity index is 695. The molecule has 138 valence electrons. The topological polar surface area (TPSA) is 71.4 Å². The third kappa shape index (κ3) is 4.64. The molecule has 1 aromatic heterocycles. The summed E-state index contributed by atoms with van der Waals surface area (Å²) in [5.74, 6) is -1.58. The number of anilines is 1. The van der Waals surface area contributed by atoms with Gasteiger partial charge >= 0.3 is 0 Å². The molecule has 1 aliphatic carbocycles. The molecule has 8 heteroatoms. The van der Waals surface area contributed by atoms with E-state index in [1.165, 1.54) is 6.20 Å². The normalized spacial score (nSPS) is 20.2. The molecular weight excluding hydrogens is 332 g/mol. The van der Waals surface area contributed by atoms with Crippen LogP contribution in [0.15, 0.2) is 17.1 Å². The summed E-state index contributed by atoms with van der Waals surface area (Å²) in [4.78, 5) is 37.4. The second kappa shape index (κ2) is 8.22. The Morgan fingerprint density at radius 2 is 1.84 bits per heavy atom. The minimum atomic E-state index is -1.04. The highest BCUT2D eigenvalue weighted by atomic mass is 19.1. The van der Waals surface area contributed by atoms with Crippen LogP contribution in [0.4, 0.5) is 14.5 Å². The van der Waals surface area contributed by atoms with Gasteiger partial charge in [-0.15, -0.1) is 0 Å². The fraction of sp³-hybridized carbons (Fsp3) is 0.588. The summed E-state index contributed by atoms with van der Waals surface area (Å²) in [6.45, 7) is -1.07. The number of amides is 2. The van der Waals surface area contributed by atoms with Gasteiger partial charge in [0.1, 0.15) is 6.67 Å². The highest BCUT2D eigenvalue weighted by Crippen LogP contribution is 2.30. The lowest BCUT2D eigenvalue weighted by Gasteiger charge is -2.28. The fourth-order valence-corrected chi connectivity index (χ4v) is 3.14. The number of hydrogen-bond acceptors (Lipinski definition) is 3. The lowest BCUT2D eigenvalue weighted by molar-refractivity contribution is -0.135. The van der Waals surface area contributed by atoms with Crippen LogP contribution in [0.5, 0.6) is 0 Å². The van der Waals surface area contributed by atoms with Crippen molar-refractivity contribution in [2.24, 2.45) is 11.8 Å². The predicted molar refractivity (Wildman–Crippen MR) is 89.4 cm³/mol. The SMILES string of the molecule is CN(C)C(=O)C1CCC(C(=O)Nc2cc(F)c(=O)n(CCF)c2)CC1. The molecule has 1 N–H and O–H groups in total. The molecule has 2 rings (SSSR count). The van der Waals surface area contributed by atoms with Crippen molar-refractivity contribution in [3.05, 3.63) is 28.4 Å². The standard InChI is InChI=1S/C17H23F2N3O3/c1-21(2)16(24)12-5-3-11(4-6-12)15(23)20-13-9-14(19)17(25)22(10-13)8-7-18/h9-12H,3-8H2,1-2H3,(H,20,23). The van der Waals surface area contributed by atoms with E-state index in [2.05, 4.69) is 5.32 Å². The molecule has 6 nitrogen and oxygen atoms in total. The molecule has 1 aliphatic rings. The van der Waals surface area contributed by atoms with Crippen molar-refractivity contribution in [2.75, 3.05) is 26.1 Å². The van der Waals surface area contributed by atoms with Crippen LogP contribution in [0.3, 0.4) is 0 Å². The van der Waals surface area contributed by atoms with Gasteiger partial charge in [0.05, 0.1) is 12.2 Å². The van der Waals surface area contributed by atoms with E-state index in [1.54, 1.807) is 19.0 Å². The monoisotopic (exact) mass is 355 g/mol. The third-order valence-electron chi connectivity index (χ3n) is 4.52. The maximum absolute atomic E-state index is 13.6. The van der Waals surface area contributed by atoms with Crippen LogP contribution in [0.25, 0.3) is 0 Å². The molecular formula is C17H23F2N3O3. The van der Waals surface area contributed by atoms with Crippen molar-refractivity contribution in [3.8, 4) is 0 Å². The second-order valence-corrected chi connectivity index (χ2v) is 6.53. The van der Waals surface area contributed by atoms with Crippen molar-refractivity contribution in [3.63, 3.8) is 0 Å². The highest BCUT2D eigenvalue weighted by molar-refractivity contribution is 5.92. The zero-order valence-corrected chi connectivity index (χ0v) is 14.4. The van der Waals surface area contributed by atoms with Crippen molar-refractivity contribution in [1.82, 2.24) is 9.47 Å². The van der Waals surface area contributed by atoms with Crippen LogP contribution in [0.1, 0.15) is 25.7 Å². The average molecular weight is 355 g/mol. The van der Waals surface area contributed by atoms with Gasteiger partial charge in [0.2, 0.25) is 11.8 Å². The molecule has 0 spiro atoms. The number of nitrogens with zero attached hydrogens (tertiary/aromatic N) is 2. The first-order chi connectivity index (χ1) is 11.8. The van der Waals surface area contributed by atoms with Crippen molar-refractivity contribution >= 4 is 17.5 Å². The largest absolute Gasteiger partial charge is 0.349 e. The Labute approximate surface area is 144 Å². The van der Waals surface area contributed by atoms with Crippen LogP contribution in [-0.2, 0) is 16.1 Å². The summed E-state index contributed by atoms with van der Waals surface area (Å²) in [5.41, 5.74) is -0.791. The van der Waals surface area contributed by atoms with Gasteiger partial charge in [0.25, 0.3) is 5.56 Å². The van der Waals surface area contributed by atoms with E-state index in [1.807, 2.05) is 0 Å². The number of nitrogens with one attached hydrogen (secondary N) is 1. The van der Waals surface area contributed by atoms with Crippen molar-refractivity contribution < 1.29 is 18.4 Å². The zero-order chi connectivity index (χ0) is 18.6. The van der Waals surface area contributed by atoms with Gasteiger partial charge in [-0.25, -0.2) is 8.78 Å². The summed E-state index contributed by atoms with van der Waals surface area (Å²) >= 11 is 0. The molecule has 0 aliphatic heterocycles. The van der Waals surface area contributed by atoms with Gasteiger partial charge in [0.15, 0.2) is 5.82 Å². The van der Waals surface area contributed by atoms with Crippen LogP contribution in [0.2, 0.25) is 0 Å². The quantitative estimate of drug-likeness (QED) is 0.875. The Hall–Kier alpha value is -2.25. The van der Waals surface area contributed by atoms with Gasteiger partial charge in [-0.2, -0.15) is 0 Å². The number of rotatable bonds is 5. The summed E-state index contributed by atoms with van der Waals surface area (Å²) in [5, 5.41) is 2.59. The number of aryl methyl sites for hydroxylation is 1. The summed E-state index contributed by atoms with van der Waals surface area (Å²) in [7, 11) is 3.42. The van der Waals surface area contributed by atoms with E-state index in [-0.39, 0.29) is 35.9 Å². The van der Waals surface area contributed by atoms with Crippen LogP contribution in [-0.4, -0.2) is 42.1 Å². The van der Waals surface area contributed by atoms with E-state index in [0.717, 1.165) is 10.6 Å². The molecule has 1 heterocycles. The van der Waals surface area contributed by atoms with E-state index in [9.17, 15) is 23.2 Å². The van der Waals surface area contributed by atoms with Crippen molar-refractivity contribution in [1.29, 1.82) is 0 Å². The highest BCUT2D eigenvalue weighted by Gasteiger charge is 2.30. The molecule has 1 saturated carbocycles. The number of alkyl halides is 1. The summed E-state index contributed by atoms with van der Waals surface area (Å²) in [6.07, 6.45) is 3.64. The minimum absolute atomic E-state index is 0.0667. The number of halogens is 2. The first kappa shape index (κ1) is 19.1. The maximum Gasteiger partial charge on any atom is 0.286 e.